The van der Waals surface area contributed by atoms with E-state index in [1.165, 1.54) is 0 Å². The SMILES string of the molecule is CCOc1cncc(C(O)c2cnsn2)c1. The van der Waals surface area contributed by atoms with Gasteiger partial charge in [0.2, 0.25) is 0 Å². The summed E-state index contributed by atoms with van der Waals surface area (Å²) in [4.78, 5) is 4.00. The van der Waals surface area contributed by atoms with Crippen molar-refractivity contribution < 1.29 is 9.84 Å². The minimum atomic E-state index is -0.799. The Bertz CT molecular complexity index is 447. The molecule has 84 valence electrons. The van der Waals surface area contributed by atoms with Crippen LogP contribution in [0.4, 0.5) is 0 Å². The molecular formula is C10H11N3O2S. The fraction of sp³-hybridized carbons (Fsp3) is 0.300. The molecule has 2 rings (SSSR count). The van der Waals surface area contributed by atoms with E-state index in [1.807, 2.05) is 6.92 Å². The summed E-state index contributed by atoms with van der Waals surface area (Å²) in [5.41, 5.74) is 1.18. The van der Waals surface area contributed by atoms with Crippen molar-refractivity contribution in [3.05, 3.63) is 35.9 Å². The zero-order valence-electron chi connectivity index (χ0n) is 8.70. The monoisotopic (exact) mass is 237 g/mol. The number of aliphatic hydroxyl groups is 1. The maximum absolute atomic E-state index is 9.98. The first-order chi connectivity index (χ1) is 7.81. The predicted octanol–water partition coefficient (Wildman–Crippen LogP) is 1.41. The van der Waals surface area contributed by atoms with Gasteiger partial charge in [-0.1, -0.05) is 0 Å². The Labute approximate surface area is 97.1 Å². The summed E-state index contributed by atoms with van der Waals surface area (Å²) >= 11 is 1.07. The van der Waals surface area contributed by atoms with Gasteiger partial charge >= 0.3 is 0 Å². The molecule has 0 aliphatic heterocycles. The van der Waals surface area contributed by atoms with E-state index in [4.69, 9.17) is 4.74 Å². The summed E-state index contributed by atoms with van der Waals surface area (Å²) in [5.74, 6) is 0.641. The number of hydrogen-bond donors (Lipinski definition) is 1. The number of pyridine rings is 1. The standard InChI is InChI=1S/C10H11N3O2S/c1-2-15-8-3-7(4-11-5-8)10(14)9-6-12-16-13-9/h3-6,10,14H,2H2,1H3. The summed E-state index contributed by atoms with van der Waals surface area (Å²) in [6, 6.07) is 1.75. The molecule has 0 aromatic carbocycles. The van der Waals surface area contributed by atoms with Gasteiger partial charge in [0.1, 0.15) is 17.5 Å². The topological polar surface area (TPSA) is 68.1 Å². The second-order valence-electron chi connectivity index (χ2n) is 3.12. The summed E-state index contributed by atoms with van der Waals surface area (Å²) in [6.45, 7) is 2.47. The molecule has 1 N–H and O–H groups in total. The molecule has 2 aromatic rings. The van der Waals surface area contributed by atoms with Crippen LogP contribution in [-0.4, -0.2) is 25.4 Å². The van der Waals surface area contributed by atoms with Gasteiger partial charge in [-0.2, -0.15) is 8.75 Å². The minimum absolute atomic E-state index is 0.528. The number of hydrogen-bond acceptors (Lipinski definition) is 6. The number of ether oxygens (including phenoxy) is 1. The number of aromatic nitrogens is 3. The maximum atomic E-state index is 9.98. The molecule has 6 heteroatoms. The van der Waals surface area contributed by atoms with Crippen LogP contribution < -0.4 is 4.74 Å². The first-order valence-corrected chi connectivity index (χ1v) is 5.57. The van der Waals surface area contributed by atoms with Crippen molar-refractivity contribution in [2.45, 2.75) is 13.0 Å². The second kappa shape index (κ2) is 5.00. The second-order valence-corrected chi connectivity index (χ2v) is 3.68. The molecule has 0 radical (unpaired) electrons. The fourth-order valence-electron chi connectivity index (χ4n) is 1.29. The van der Waals surface area contributed by atoms with Crippen molar-refractivity contribution >= 4 is 11.7 Å². The van der Waals surface area contributed by atoms with Gasteiger partial charge in [0.05, 0.1) is 30.7 Å². The van der Waals surface area contributed by atoms with Crippen LogP contribution in [0, 0.1) is 0 Å². The van der Waals surface area contributed by atoms with Crippen LogP contribution in [0.1, 0.15) is 24.3 Å². The molecule has 1 atom stereocenters. The third kappa shape index (κ3) is 2.34. The molecule has 2 aromatic heterocycles. The van der Waals surface area contributed by atoms with E-state index in [-0.39, 0.29) is 0 Å². The maximum Gasteiger partial charge on any atom is 0.137 e. The smallest absolute Gasteiger partial charge is 0.137 e. The van der Waals surface area contributed by atoms with Gasteiger partial charge in [0.15, 0.2) is 0 Å². The highest BCUT2D eigenvalue weighted by molar-refractivity contribution is 6.99. The molecule has 0 fully saturated rings. The highest BCUT2D eigenvalue weighted by Gasteiger charge is 2.14. The van der Waals surface area contributed by atoms with Crippen molar-refractivity contribution in [2.75, 3.05) is 6.61 Å². The highest BCUT2D eigenvalue weighted by atomic mass is 32.1. The lowest BCUT2D eigenvalue weighted by Gasteiger charge is -2.09. The fourth-order valence-corrected chi connectivity index (χ4v) is 1.74. The average molecular weight is 237 g/mol. The van der Waals surface area contributed by atoms with E-state index in [1.54, 1.807) is 24.7 Å². The average Bonchev–Trinajstić information content (AvgIpc) is 2.82. The van der Waals surface area contributed by atoms with E-state index in [9.17, 15) is 5.11 Å². The first kappa shape index (κ1) is 11.0. The Kier molecular flexibility index (Phi) is 3.43. The van der Waals surface area contributed by atoms with Crippen molar-refractivity contribution in [3.63, 3.8) is 0 Å². The molecule has 16 heavy (non-hydrogen) atoms. The van der Waals surface area contributed by atoms with Crippen LogP contribution in [0.3, 0.4) is 0 Å². The Hall–Kier alpha value is -1.53. The van der Waals surface area contributed by atoms with Gasteiger partial charge in [-0.05, 0) is 13.0 Å². The van der Waals surface area contributed by atoms with E-state index < -0.39 is 6.10 Å². The molecule has 0 bridgehead atoms. The summed E-state index contributed by atoms with van der Waals surface area (Å²) in [5, 5.41) is 9.98. The van der Waals surface area contributed by atoms with Gasteiger partial charge in [0, 0.05) is 11.8 Å². The van der Waals surface area contributed by atoms with E-state index in [0.717, 1.165) is 11.7 Å². The van der Waals surface area contributed by atoms with Gasteiger partial charge in [-0.25, -0.2) is 0 Å². The molecule has 0 aliphatic rings. The Morgan fingerprint density at radius 3 is 3.00 bits per heavy atom. The number of nitrogens with zero attached hydrogens (tertiary/aromatic N) is 3. The van der Waals surface area contributed by atoms with Gasteiger partial charge in [0.25, 0.3) is 0 Å². The van der Waals surface area contributed by atoms with Crippen molar-refractivity contribution in [2.24, 2.45) is 0 Å². The molecule has 0 amide bonds. The van der Waals surface area contributed by atoms with Crippen molar-refractivity contribution in [1.29, 1.82) is 0 Å². The zero-order chi connectivity index (χ0) is 11.4. The Balaban J connectivity index is 2.23. The third-order valence-electron chi connectivity index (χ3n) is 2.02. The highest BCUT2D eigenvalue weighted by Crippen LogP contribution is 2.22. The van der Waals surface area contributed by atoms with Crippen molar-refractivity contribution in [1.82, 2.24) is 13.7 Å². The minimum Gasteiger partial charge on any atom is -0.492 e. The van der Waals surface area contributed by atoms with Gasteiger partial charge < -0.3 is 9.84 Å². The van der Waals surface area contributed by atoms with Gasteiger partial charge in [-0.15, -0.1) is 0 Å². The molecular weight excluding hydrogens is 226 g/mol. The van der Waals surface area contributed by atoms with Crippen molar-refractivity contribution in [3.8, 4) is 5.75 Å². The molecule has 2 heterocycles. The Morgan fingerprint density at radius 2 is 2.31 bits per heavy atom. The van der Waals surface area contributed by atoms with Crippen LogP contribution in [0.15, 0.2) is 24.7 Å². The Morgan fingerprint density at radius 1 is 1.44 bits per heavy atom. The molecule has 0 aliphatic carbocycles. The summed E-state index contributed by atoms with van der Waals surface area (Å²) in [6.07, 6.45) is 3.94. The molecule has 1 unspecified atom stereocenters. The summed E-state index contributed by atoms with van der Waals surface area (Å²) in [7, 11) is 0. The molecule has 0 spiro atoms. The first-order valence-electron chi connectivity index (χ1n) is 4.84. The molecule has 0 saturated carbocycles. The predicted molar refractivity (Wildman–Crippen MR) is 59.4 cm³/mol. The van der Waals surface area contributed by atoms with Crippen LogP contribution >= 0.6 is 11.7 Å². The van der Waals surface area contributed by atoms with Crippen LogP contribution in [0.5, 0.6) is 5.75 Å². The largest absolute Gasteiger partial charge is 0.492 e. The normalized spacial score (nSPS) is 12.4. The van der Waals surface area contributed by atoms with E-state index in [0.29, 0.717) is 23.6 Å². The zero-order valence-corrected chi connectivity index (χ0v) is 9.52. The van der Waals surface area contributed by atoms with E-state index in [2.05, 4.69) is 13.7 Å². The third-order valence-corrected chi connectivity index (χ3v) is 2.51. The van der Waals surface area contributed by atoms with Crippen LogP contribution in [0.25, 0.3) is 0 Å². The quantitative estimate of drug-likeness (QED) is 0.870. The molecule has 5 nitrogen and oxygen atoms in total. The van der Waals surface area contributed by atoms with E-state index >= 15 is 0 Å². The number of rotatable bonds is 4. The lowest BCUT2D eigenvalue weighted by Crippen LogP contribution is -2.01. The lowest BCUT2D eigenvalue weighted by atomic mass is 10.1. The molecule has 0 saturated heterocycles. The summed E-state index contributed by atoms with van der Waals surface area (Å²) < 4.78 is 13.1. The van der Waals surface area contributed by atoms with Crippen LogP contribution in [-0.2, 0) is 0 Å². The van der Waals surface area contributed by atoms with Gasteiger partial charge in [-0.3, -0.25) is 4.98 Å². The lowest BCUT2D eigenvalue weighted by molar-refractivity contribution is 0.215. The number of aliphatic hydroxyl groups excluding tert-OH is 1. The van der Waals surface area contributed by atoms with Crippen LogP contribution in [0.2, 0.25) is 0 Å².